The van der Waals surface area contributed by atoms with Gasteiger partial charge in [-0.15, -0.1) is 5.10 Å². The van der Waals surface area contributed by atoms with E-state index in [9.17, 15) is 9.59 Å². The number of amides is 3. The Balaban J connectivity index is 1.58. The van der Waals surface area contributed by atoms with E-state index in [-0.39, 0.29) is 18.0 Å². The maximum Gasteiger partial charge on any atom is 0.319 e. The van der Waals surface area contributed by atoms with Gasteiger partial charge >= 0.3 is 6.03 Å². The summed E-state index contributed by atoms with van der Waals surface area (Å²) in [6.07, 6.45) is 3.68. The Labute approximate surface area is 145 Å². The highest BCUT2D eigenvalue weighted by Gasteiger charge is 2.39. The monoisotopic (exact) mass is 343 g/mol. The van der Waals surface area contributed by atoms with E-state index in [1.54, 1.807) is 37.3 Å². The molecular formula is C16H21N7O2. The van der Waals surface area contributed by atoms with Gasteiger partial charge in [-0.05, 0) is 41.3 Å². The molecule has 0 spiro atoms. The number of hydrogen-bond donors (Lipinski definition) is 0. The molecule has 0 aromatic carbocycles. The Hall–Kier alpha value is -2.71. The Morgan fingerprint density at radius 2 is 2.04 bits per heavy atom. The van der Waals surface area contributed by atoms with Crippen molar-refractivity contribution < 1.29 is 9.59 Å². The number of carbonyl (C=O) groups is 2. The van der Waals surface area contributed by atoms with Crippen LogP contribution in [0.1, 0.15) is 23.2 Å². The normalized spacial score (nSPS) is 23.0. The van der Waals surface area contributed by atoms with Gasteiger partial charge in [0.2, 0.25) is 0 Å². The average molecular weight is 343 g/mol. The number of urea groups is 1. The van der Waals surface area contributed by atoms with Crippen molar-refractivity contribution >= 4 is 17.6 Å². The number of pyridine rings is 1. The van der Waals surface area contributed by atoms with Gasteiger partial charge in [-0.3, -0.25) is 4.79 Å². The van der Waals surface area contributed by atoms with Crippen LogP contribution in [0.4, 0.5) is 4.79 Å². The van der Waals surface area contributed by atoms with E-state index in [0.717, 1.165) is 12.8 Å². The molecule has 2 bridgehead atoms. The number of aromatic nitrogens is 4. The van der Waals surface area contributed by atoms with Gasteiger partial charge in [0.15, 0.2) is 5.65 Å². The van der Waals surface area contributed by atoms with Crippen LogP contribution in [0.15, 0.2) is 18.3 Å². The summed E-state index contributed by atoms with van der Waals surface area (Å²) in [5.41, 5.74) is 1.13. The van der Waals surface area contributed by atoms with E-state index in [1.807, 2.05) is 9.80 Å². The number of hydrogen-bond acceptors (Lipinski definition) is 5. The first-order valence-corrected chi connectivity index (χ1v) is 8.48. The third kappa shape index (κ3) is 2.79. The molecule has 132 valence electrons. The zero-order valence-electron chi connectivity index (χ0n) is 14.4. The first kappa shape index (κ1) is 15.8. The molecule has 3 amide bonds. The molecule has 3 saturated heterocycles. The third-order valence-corrected chi connectivity index (χ3v) is 5.07. The zero-order chi connectivity index (χ0) is 17.6. The zero-order valence-corrected chi connectivity index (χ0v) is 14.4. The summed E-state index contributed by atoms with van der Waals surface area (Å²) in [5.74, 6) is 0.310. The summed E-state index contributed by atoms with van der Waals surface area (Å²) in [4.78, 5) is 30.8. The summed E-state index contributed by atoms with van der Waals surface area (Å²) in [6.45, 7) is 2.00. The predicted molar refractivity (Wildman–Crippen MR) is 89.0 cm³/mol. The first-order valence-electron chi connectivity index (χ1n) is 8.48. The van der Waals surface area contributed by atoms with Gasteiger partial charge in [-0.2, -0.15) is 0 Å². The van der Waals surface area contributed by atoms with Crippen LogP contribution < -0.4 is 0 Å². The summed E-state index contributed by atoms with van der Waals surface area (Å²) in [7, 11) is 3.53. The molecule has 2 atom stereocenters. The molecule has 5 heterocycles. The topological polar surface area (TPSA) is 86.9 Å². The summed E-state index contributed by atoms with van der Waals surface area (Å²) >= 11 is 0. The maximum atomic E-state index is 13.1. The Morgan fingerprint density at radius 3 is 2.84 bits per heavy atom. The van der Waals surface area contributed by atoms with E-state index in [4.69, 9.17) is 0 Å². The lowest BCUT2D eigenvalue weighted by atomic mass is 9.94. The van der Waals surface area contributed by atoms with Crippen LogP contribution in [-0.2, 0) is 0 Å². The Morgan fingerprint density at radius 1 is 1.20 bits per heavy atom. The quantitative estimate of drug-likeness (QED) is 0.745. The van der Waals surface area contributed by atoms with Crippen molar-refractivity contribution in [2.45, 2.75) is 18.9 Å². The molecular weight excluding hydrogens is 322 g/mol. The highest BCUT2D eigenvalue weighted by Crippen LogP contribution is 2.29. The van der Waals surface area contributed by atoms with Crippen LogP contribution in [0, 0.1) is 5.92 Å². The smallest absolute Gasteiger partial charge is 0.319 e. The van der Waals surface area contributed by atoms with Crippen molar-refractivity contribution in [1.29, 1.82) is 0 Å². The Bertz CT molecular complexity index is 818. The molecule has 9 nitrogen and oxygen atoms in total. The molecule has 0 unspecified atom stereocenters. The molecule has 25 heavy (non-hydrogen) atoms. The van der Waals surface area contributed by atoms with Gasteiger partial charge in [-0.1, -0.05) is 0 Å². The first-order chi connectivity index (χ1) is 12.0. The molecule has 2 aromatic heterocycles. The number of piperidine rings is 1. The van der Waals surface area contributed by atoms with Gasteiger partial charge in [0, 0.05) is 51.5 Å². The largest absolute Gasteiger partial charge is 0.334 e. The van der Waals surface area contributed by atoms with Gasteiger partial charge in [0.25, 0.3) is 5.91 Å². The number of carbonyl (C=O) groups excluding carboxylic acids is 2. The number of rotatable bonds is 1. The van der Waals surface area contributed by atoms with Crippen molar-refractivity contribution in [3.63, 3.8) is 0 Å². The van der Waals surface area contributed by atoms with Gasteiger partial charge in [0.05, 0.1) is 0 Å². The van der Waals surface area contributed by atoms with Crippen molar-refractivity contribution in [1.82, 2.24) is 34.7 Å². The second kappa shape index (κ2) is 5.98. The SMILES string of the molecule is CN(C)C(=O)N1C[C@H]2CC[C@@H](C1)N(C(=O)c1ccn3nnnc3c1)C2. The predicted octanol–water partition coefficient (Wildman–Crippen LogP) is 0.342. The lowest BCUT2D eigenvalue weighted by Gasteiger charge is -2.36. The van der Waals surface area contributed by atoms with Crippen LogP contribution in [0.5, 0.6) is 0 Å². The standard InChI is InChI=1S/C16H21N7O2/c1-20(2)16(25)21-8-11-3-4-13(10-21)22(9-11)15(24)12-5-6-23-14(7-12)17-18-19-23/h5-7,11,13H,3-4,8-10H2,1-2H3/t11-,13+/m1/s1. The molecule has 3 aliphatic rings. The molecule has 0 radical (unpaired) electrons. The third-order valence-electron chi connectivity index (χ3n) is 5.07. The fraction of sp³-hybridized carbons (Fsp3) is 0.562. The van der Waals surface area contributed by atoms with Gasteiger partial charge < -0.3 is 14.7 Å². The molecule has 5 rings (SSSR count). The summed E-state index contributed by atoms with van der Waals surface area (Å²) in [5, 5.41) is 11.3. The highest BCUT2D eigenvalue weighted by atomic mass is 16.2. The lowest BCUT2D eigenvalue weighted by molar-refractivity contribution is 0.0585. The van der Waals surface area contributed by atoms with Crippen molar-refractivity contribution in [3.05, 3.63) is 23.9 Å². The second-order valence-corrected chi connectivity index (χ2v) is 7.03. The van der Waals surface area contributed by atoms with Crippen LogP contribution in [0.2, 0.25) is 0 Å². The lowest BCUT2D eigenvalue weighted by Crippen LogP contribution is -2.48. The second-order valence-electron chi connectivity index (χ2n) is 7.03. The van der Waals surface area contributed by atoms with Crippen LogP contribution >= 0.6 is 0 Å². The fourth-order valence-electron chi connectivity index (χ4n) is 3.81. The Kier molecular flexibility index (Phi) is 3.78. The molecule has 0 aliphatic carbocycles. The molecule has 2 aromatic rings. The minimum absolute atomic E-state index is 0.0145. The van der Waals surface area contributed by atoms with Gasteiger partial charge in [0.1, 0.15) is 0 Å². The van der Waals surface area contributed by atoms with Crippen LogP contribution in [0.25, 0.3) is 5.65 Å². The molecule has 3 fully saturated rings. The van der Waals surface area contributed by atoms with Crippen molar-refractivity contribution in [2.75, 3.05) is 33.7 Å². The minimum Gasteiger partial charge on any atom is -0.334 e. The average Bonchev–Trinajstić information content (AvgIpc) is 2.89. The number of fused-ring (bicyclic) bond motifs is 5. The van der Waals surface area contributed by atoms with Crippen LogP contribution in [0.3, 0.4) is 0 Å². The van der Waals surface area contributed by atoms with Gasteiger partial charge in [-0.25, -0.2) is 9.31 Å². The minimum atomic E-state index is -0.0145. The molecule has 0 N–H and O–H groups in total. The number of tetrazole rings is 1. The van der Waals surface area contributed by atoms with E-state index >= 15 is 0 Å². The summed E-state index contributed by atoms with van der Waals surface area (Å²) < 4.78 is 1.53. The number of nitrogens with zero attached hydrogens (tertiary/aromatic N) is 7. The van der Waals surface area contributed by atoms with E-state index in [2.05, 4.69) is 15.5 Å². The fourth-order valence-corrected chi connectivity index (χ4v) is 3.81. The van der Waals surface area contributed by atoms with Crippen LogP contribution in [-0.4, -0.2) is 86.5 Å². The maximum absolute atomic E-state index is 13.1. The van der Waals surface area contributed by atoms with E-state index < -0.39 is 0 Å². The van der Waals surface area contributed by atoms with Crippen molar-refractivity contribution in [2.24, 2.45) is 5.92 Å². The highest BCUT2D eigenvalue weighted by molar-refractivity contribution is 5.95. The van der Waals surface area contributed by atoms with E-state index in [1.165, 1.54) is 4.52 Å². The molecule has 0 saturated carbocycles. The molecule has 3 aliphatic heterocycles. The van der Waals surface area contributed by atoms with Crippen molar-refractivity contribution in [3.8, 4) is 0 Å². The van der Waals surface area contributed by atoms with E-state index in [0.29, 0.717) is 36.8 Å². The molecule has 9 heteroatoms. The summed E-state index contributed by atoms with van der Waals surface area (Å²) in [6, 6.07) is 3.53.